The fraction of sp³-hybridized carbons (Fsp3) is 0.571. The van der Waals surface area contributed by atoms with E-state index in [1.165, 1.54) is 11.3 Å². The maximum Gasteiger partial charge on any atom is 0.252 e. The van der Waals surface area contributed by atoms with Crippen LogP contribution in [-0.4, -0.2) is 35.0 Å². The molecule has 1 fully saturated rings. The highest BCUT2D eigenvalue weighted by atomic mass is 35.5. The molecule has 0 saturated carbocycles. The largest absolute Gasteiger partial charge is 0.368 e. The summed E-state index contributed by atoms with van der Waals surface area (Å²) in [5.74, 6) is -1.77. The molecule has 1 aliphatic carbocycles. The van der Waals surface area contributed by atoms with Crippen molar-refractivity contribution >= 4 is 45.7 Å². The van der Waals surface area contributed by atoms with Crippen LogP contribution in [0, 0.1) is 0 Å². The second-order valence-electron chi connectivity index (χ2n) is 6.11. The van der Waals surface area contributed by atoms with Gasteiger partial charge in [0, 0.05) is 36.9 Å². The quantitative estimate of drug-likeness (QED) is 0.815. The zero-order valence-electron chi connectivity index (χ0n) is 12.4. The third-order valence-corrected chi connectivity index (χ3v) is 5.67. The fourth-order valence-electron chi connectivity index (χ4n) is 3.29. The van der Waals surface area contributed by atoms with E-state index in [4.69, 9.17) is 11.5 Å². The highest BCUT2D eigenvalue weighted by Crippen LogP contribution is 2.43. The molecule has 2 aromatic rings. The van der Waals surface area contributed by atoms with Gasteiger partial charge in [-0.05, 0) is 18.4 Å². The minimum absolute atomic E-state index is 0. The standard InChI is InChI=1S/C14H17F2N5S.ClH/c15-14(16)3-1-9-8(5-14)10-11(22-9)12(20-13(18)19-10)21-4-2-7(17)6-21;/h7H,1-6,17H2,(H2,18,19,20);1H/t7-;/m1./s1. The molecule has 2 aromatic heterocycles. The number of hydrogen-bond donors (Lipinski definition) is 2. The normalized spacial score (nSPS) is 22.9. The number of anilines is 2. The number of nitrogens with zero attached hydrogens (tertiary/aromatic N) is 3. The summed E-state index contributed by atoms with van der Waals surface area (Å²) >= 11 is 1.53. The number of aryl methyl sites for hydroxylation is 1. The molecule has 4 N–H and O–H groups in total. The van der Waals surface area contributed by atoms with Crippen LogP contribution in [0.1, 0.15) is 23.3 Å². The second-order valence-corrected chi connectivity index (χ2v) is 7.22. The Kier molecular flexibility index (Phi) is 4.10. The molecule has 5 nitrogen and oxygen atoms in total. The Balaban J connectivity index is 0.00000156. The summed E-state index contributed by atoms with van der Waals surface area (Å²) in [6, 6.07) is 0.116. The molecule has 23 heavy (non-hydrogen) atoms. The van der Waals surface area contributed by atoms with E-state index in [1.54, 1.807) is 0 Å². The monoisotopic (exact) mass is 361 g/mol. The van der Waals surface area contributed by atoms with Crippen molar-refractivity contribution < 1.29 is 8.78 Å². The van der Waals surface area contributed by atoms with E-state index >= 15 is 0 Å². The molecular weight excluding hydrogens is 344 g/mol. The summed E-state index contributed by atoms with van der Waals surface area (Å²) in [5.41, 5.74) is 13.0. The van der Waals surface area contributed by atoms with E-state index < -0.39 is 5.92 Å². The molecule has 0 amide bonds. The third kappa shape index (κ3) is 2.83. The van der Waals surface area contributed by atoms with Gasteiger partial charge >= 0.3 is 0 Å². The molecule has 0 aromatic carbocycles. The molecule has 4 rings (SSSR count). The Morgan fingerprint density at radius 1 is 1.30 bits per heavy atom. The van der Waals surface area contributed by atoms with Crippen molar-refractivity contribution in [1.82, 2.24) is 9.97 Å². The summed E-state index contributed by atoms with van der Waals surface area (Å²) < 4.78 is 28.4. The summed E-state index contributed by atoms with van der Waals surface area (Å²) in [7, 11) is 0. The number of fused-ring (bicyclic) bond motifs is 3. The molecule has 9 heteroatoms. The van der Waals surface area contributed by atoms with E-state index in [9.17, 15) is 8.78 Å². The lowest BCUT2D eigenvalue weighted by Gasteiger charge is -2.21. The van der Waals surface area contributed by atoms with Crippen molar-refractivity contribution in [1.29, 1.82) is 0 Å². The molecule has 3 heterocycles. The molecule has 2 aliphatic rings. The maximum atomic E-state index is 13.7. The summed E-state index contributed by atoms with van der Waals surface area (Å²) in [6.45, 7) is 1.52. The van der Waals surface area contributed by atoms with Gasteiger partial charge < -0.3 is 16.4 Å². The molecule has 1 aliphatic heterocycles. The molecule has 0 unspecified atom stereocenters. The Labute approximate surface area is 142 Å². The van der Waals surface area contributed by atoms with Gasteiger partial charge in [0.25, 0.3) is 5.92 Å². The van der Waals surface area contributed by atoms with Gasteiger partial charge in [0.15, 0.2) is 5.82 Å². The number of aromatic nitrogens is 2. The highest BCUT2D eigenvalue weighted by molar-refractivity contribution is 7.19. The van der Waals surface area contributed by atoms with Crippen molar-refractivity contribution in [3.8, 4) is 0 Å². The van der Waals surface area contributed by atoms with Gasteiger partial charge in [0.05, 0.1) is 10.2 Å². The smallest absolute Gasteiger partial charge is 0.252 e. The predicted octanol–water partition coefficient (Wildman–Crippen LogP) is 2.36. The number of nitrogens with two attached hydrogens (primary N) is 2. The minimum Gasteiger partial charge on any atom is -0.368 e. The lowest BCUT2D eigenvalue weighted by atomic mass is 9.95. The number of nitrogen functional groups attached to an aromatic ring is 1. The van der Waals surface area contributed by atoms with Crippen LogP contribution in [0.25, 0.3) is 10.2 Å². The van der Waals surface area contributed by atoms with E-state index in [2.05, 4.69) is 14.9 Å². The van der Waals surface area contributed by atoms with Gasteiger partial charge in [0.1, 0.15) is 0 Å². The number of halogens is 3. The van der Waals surface area contributed by atoms with E-state index in [0.29, 0.717) is 24.0 Å². The number of rotatable bonds is 1. The maximum absolute atomic E-state index is 13.7. The first-order valence-corrected chi connectivity index (χ1v) is 8.21. The Morgan fingerprint density at radius 3 is 2.78 bits per heavy atom. The molecule has 1 atom stereocenters. The Bertz CT molecular complexity index is 750. The van der Waals surface area contributed by atoms with E-state index in [-0.39, 0.29) is 37.2 Å². The lowest BCUT2D eigenvalue weighted by molar-refractivity contribution is -0.0113. The number of thiophene rings is 1. The van der Waals surface area contributed by atoms with Crippen LogP contribution in [0.15, 0.2) is 0 Å². The van der Waals surface area contributed by atoms with Crippen LogP contribution in [0.2, 0.25) is 0 Å². The second kappa shape index (κ2) is 5.68. The Hall–Kier alpha value is -1.25. The van der Waals surface area contributed by atoms with E-state index in [1.807, 2.05) is 0 Å². The van der Waals surface area contributed by atoms with Crippen molar-refractivity contribution in [3.63, 3.8) is 0 Å². The summed E-state index contributed by atoms with van der Waals surface area (Å²) in [5, 5.41) is 0. The van der Waals surface area contributed by atoms with Crippen LogP contribution < -0.4 is 16.4 Å². The van der Waals surface area contributed by atoms with Gasteiger partial charge in [-0.25, -0.2) is 13.8 Å². The SMILES string of the molecule is Cl.Nc1nc(N2CC[C@@H](N)C2)c2sc3c(c2n1)CC(F)(F)CC3. The molecular formula is C14H18ClF2N5S. The number of hydrogen-bond acceptors (Lipinski definition) is 6. The zero-order valence-corrected chi connectivity index (χ0v) is 14.0. The van der Waals surface area contributed by atoms with Crippen LogP contribution in [0.5, 0.6) is 0 Å². The van der Waals surface area contributed by atoms with Crippen molar-refractivity contribution in [3.05, 3.63) is 10.4 Å². The zero-order chi connectivity index (χ0) is 15.5. The van der Waals surface area contributed by atoms with Crippen LogP contribution in [0.3, 0.4) is 0 Å². The third-order valence-electron chi connectivity index (χ3n) is 4.39. The summed E-state index contributed by atoms with van der Waals surface area (Å²) in [6.07, 6.45) is 0.939. The lowest BCUT2D eigenvalue weighted by Crippen LogP contribution is -2.27. The molecule has 126 valence electrons. The summed E-state index contributed by atoms with van der Waals surface area (Å²) in [4.78, 5) is 11.7. The average Bonchev–Trinajstić information content (AvgIpc) is 3.01. The predicted molar refractivity (Wildman–Crippen MR) is 90.9 cm³/mol. The van der Waals surface area contributed by atoms with Crippen molar-refractivity contribution in [2.45, 2.75) is 37.6 Å². The van der Waals surface area contributed by atoms with Gasteiger partial charge in [-0.1, -0.05) is 0 Å². The van der Waals surface area contributed by atoms with Crippen LogP contribution in [0.4, 0.5) is 20.5 Å². The van der Waals surface area contributed by atoms with Gasteiger partial charge in [-0.3, -0.25) is 0 Å². The van der Waals surface area contributed by atoms with Crippen molar-refractivity contribution in [2.24, 2.45) is 5.73 Å². The van der Waals surface area contributed by atoms with E-state index in [0.717, 1.165) is 28.4 Å². The first kappa shape index (κ1) is 16.6. The topological polar surface area (TPSA) is 81.1 Å². The van der Waals surface area contributed by atoms with Gasteiger partial charge in [0.2, 0.25) is 5.95 Å². The average molecular weight is 362 g/mol. The molecule has 1 saturated heterocycles. The Morgan fingerprint density at radius 2 is 2.09 bits per heavy atom. The fourth-order valence-corrected chi connectivity index (χ4v) is 4.57. The molecule has 0 spiro atoms. The van der Waals surface area contributed by atoms with Gasteiger partial charge in [-0.15, -0.1) is 23.7 Å². The van der Waals surface area contributed by atoms with Crippen LogP contribution in [-0.2, 0) is 12.8 Å². The molecule has 0 bridgehead atoms. The van der Waals surface area contributed by atoms with Gasteiger partial charge in [-0.2, -0.15) is 4.98 Å². The minimum atomic E-state index is -2.66. The first-order chi connectivity index (χ1) is 10.4. The number of alkyl halides is 2. The highest BCUT2D eigenvalue weighted by Gasteiger charge is 2.37. The van der Waals surface area contributed by atoms with Crippen molar-refractivity contribution in [2.75, 3.05) is 23.7 Å². The molecule has 0 radical (unpaired) electrons. The van der Waals surface area contributed by atoms with Crippen LogP contribution >= 0.6 is 23.7 Å². The first-order valence-electron chi connectivity index (χ1n) is 7.39.